The number of benzene rings is 4. The second kappa shape index (κ2) is 13.0. The number of nitrogens with two attached hydrogens (primary N) is 1. The molecule has 0 atom stereocenters. The number of phenols is 2. The van der Waals surface area contributed by atoms with E-state index < -0.39 is 5.91 Å². The summed E-state index contributed by atoms with van der Waals surface area (Å²) in [6.45, 7) is 3.25. The van der Waals surface area contributed by atoms with Crippen molar-refractivity contribution in [2.45, 2.75) is 13.0 Å². The molecule has 0 saturated carbocycles. The van der Waals surface area contributed by atoms with Gasteiger partial charge in [0.1, 0.15) is 12.4 Å². The van der Waals surface area contributed by atoms with E-state index >= 15 is 0 Å². The van der Waals surface area contributed by atoms with Crippen LogP contribution in [-0.4, -0.2) is 46.9 Å². The first kappa shape index (κ1) is 27.7. The Hall–Kier alpha value is -4.33. The van der Waals surface area contributed by atoms with Gasteiger partial charge in [-0.25, -0.2) is 0 Å². The van der Waals surface area contributed by atoms with Crippen molar-refractivity contribution in [1.82, 2.24) is 4.90 Å². The number of fused-ring (bicyclic) bond motifs is 1. The summed E-state index contributed by atoms with van der Waals surface area (Å²) in [4.78, 5) is 12.9. The Morgan fingerprint density at radius 2 is 1.69 bits per heavy atom. The smallest absolute Gasteiger partial charge is 0.248 e. The molecule has 5 rings (SSSR count). The van der Waals surface area contributed by atoms with Crippen molar-refractivity contribution < 1.29 is 19.7 Å². The normalized spacial score (nSPS) is 12.5. The molecule has 8 heteroatoms. The fourth-order valence-electron chi connectivity index (χ4n) is 4.38. The fraction of sp³-hybridized carbons (Fsp3) is 0.161. The van der Waals surface area contributed by atoms with Crippen LogP contribution < -0.4 is 10.5 Å². The van der Waals surface area contributed by atoms with E-state index in [-0.39, 0.29) is 22.1 Å². The molecule has 4 aromatic rings. The lowest BCUT2D eigenvalue weighted by molar-refractivity contribution is 0.1000. The first-order valence-corrected chi connectivity index (χ1v) is 12.9. The molecule has 1 aliphatic heterocycles. The van der Waals surface area contributed by atoms with Gasteiger partial charge in [-0.15, -0.1) is 0 Å². The summed E-state index contributed by atoms with van der Waals surface area (Å²) in [5.74, 6) is -0.0679. The zero-order chi connectivity index (χ0) is 27.8. The van der Waals surface area contributed by atoms with Crippen LogP contribution in [0.2, 0.25) is 5.02 Å². The molecule has 0 aliphatic carbocycles. The number of ether oxygens (including phenoxy) is 1. The number of carbonyl (C=O) groups excluding carboxylic acids is 1. The highest BCUT2D eigenvalue weighted by Crippen LogP contribution is 2.38. The van der Waals surface area contributed by atoms with Crippen molar-refractivity contribution in [3.63, 3.8) is 0 Å². The molecular formula is C31H30ClN3O4. The lowest BCUT2D eigenvalue weighted by Crippen LogP contribution is -2.33. The van der Waals surface area contributed by atoms with E-state index in [2.05, 4.69) is 29.2 Å². The number of phenolic OH excluding ortho intramolecular Hbond substituents is 2. The number of nitrogens with zero attached hydrogens (tertiary/aromatic N) is 1. The largest absolute Gasteiger partial charge is 0.506 e. The third-order valence-corrected chi connectivity index (χ3v) is 6.74. The molecule has 0 spiro atoms. The third-order valence-electron chi connectivity index (χ3n) is 6.44. The highest BCUT2D eigenvalue weighted by Gasteiger charge is 2.17. The molecule has 200 valence electrons. The first-order valence-electron chi connectivity index (χ1n) is 12.5. The van der Waals surface area contributed by atoms with Gasteiger partial charge in [0.2, 0.25) is 5.91 Å². The number of aromatic hydroxyl groups is 2. The molecule has 1 aliphatic rings. The predicted octanol–water partition coefficient (Wildman–Crippen LogP) is 5.64. The van der Waals surface area contributed by atoms with Crippen molar-refractivity contribution in [3.05, 3.63) is 112 Å². The van der Waals surface area contributed by atoms with Crippen LogP contribution in [0.4, 0.5) is 0 Å². The molecule has 1 heterocycles. The van der Waals surface area contributed by atoms with E-state index in [1.165, 1.54) is 35.5 Å². The summed E-state index contributed by atoms with van der Waals surface area (Å²) in [7, 11) is 0. The molecule has 5 N–H and O–H groups in total. The number of hydrogen-bond donors (Lipinski definition) is 4. The summed E-state index contributed by atoms with van der Waals surface area (Å²) in [6, 6.07) is 25.9. The monoisotopic (exact) mass is 543 g/mol. The summed E-state index contributed by atoms with van der Waals surface area (Å²) in [6.07, 6.45) is 2.30. The Labute approximate surface area is 232 Å². The highest BCUT2D eigenvalue weighted by atomic mass is 35.5. The Kier molecular flexibility index (Phi) is 9.20. The van der Waals surface area contributed by atoms with Crippen molar-refractivity contribution in [2.75, 3.05) is 19.7 Å². The predicted molar refractivity (Wildman–Crippen MR) is 154 cm³/mol. The molecule has 7 nitrogen and oxygen atoms in total. The molecule has 0 unspecified atom stereocenters. The maximum Gasteiger partial charge on any atom is 0.248 e. The van der Waals surface area contributed by atoms with Crippen LogP contribution in [0.3, 0.4) is 0 Å². The standard InChI is InChI=1S/C24H24N2O2.C7H6ClNO2/c25-16-18-14-22(20-7-2-1-3-8-20)24(23(27)15-18)28-13-12-26-11-10-19-6-4-5-9-21(19)17-26;8-5-3-4(7(9)11)1-2-6(5)10/h1-9,14-16,25,27H,10-13,17H2;1-3,10H,(H2,9,11). The fourth-order valence-corrected chi connectivity index (χ4v) is 4.56. The summed E-state index contributed by atoms with van der Waals surface area (Å²) >= 11 is 5.50. The van der Waals surface area contributed by atoms with Crippen LogP contribution in [0.5, 0.6) is 17.2 Å². The zero-order valence-corrected chi connectivity index (χ0v) is 22.1. The average Bonchev–Trinajstić information content (AvgIpc) is 2.95. The Morgan fingerprint density at radius 1 is 0.974 bits per heavy atom. The van der Waals surface area contributed by atoms with E-state index in [1.54, 1.807) is 6.07 Å². The minimum atomic E-state index is -0.563. The van der Waals surface area contributed by atoms with Gasteiger partial charge < -0.3 is 26.1 Å². The van der Waals surface area contributed by atoms with Crippen LogP contribution in [0, 0.1) is 5.41 Å². The van der Waals surface area contributed by atoms with Gasteiger partial charge in [0, 0.05) is 37.0 Å². The Bertz CT molecular complexity index is 1460. The van der Waals surface area contributed by atoms with E-state index in [4.69, 9.17) is 32.6 Å². The van der Waals surface area contributed by atoms with Gasteiger partial charge in [-0.05, 0) is 59.0 Å². The van der Waals surface area contributed by atoms with E-state index in [1.807, 2.05) is 36.4 Å². The second-order valence-corrected chi connectivity index (χ2v) is 9.51. The van der Waals surface area contributed by atoms with Crippen molar-refractivity contribution in [1.29, 1.82) is 5.41 Å². The Balaban J connectivity index is 0.000000270. The molecule has 0 saturated heterocycles. The molecule has 0 bridgehead atoms. The number of nitrogens with one attached hydrogen (secondary N) is 1. The van der Waals surface area contributed by atoms with E-state index in [9.17, 15) is 9.90 Å². The maximum absolute atomic E-state index is 10.5. The first-order chi connectivity index (χ1) is 18.9. The minimum Gasteiger partial charge on any atom is -0.506 e. The molecule has 39 heavy (non-hydrogen) atoms. The zero-order valence-electron chi connectivity index (χ0n) is 21.3. The summed E-state index contributed by atoms with van der Waals surface area (Å²) < 4.78 is 6.05. The van der Waals surface area contributed by atoms with Crippen molar-refractivity contribution in [3.8, 4) is 28.4 Å². The van der Waals surface area contributed by atoms with Gasteiger partial charge in [0.15, 0.2) is 11.5 Å². The Morgan fingerprint density at radius 3 is 2.38 bits per heavy atom. The molecule has 1 amide bonds. The van der Waals surface area contributed by atoms with Gasteiger partial charge in [0.05, 0.1) is 5.02 Å². The molecule has 4 aromatic carbocycles. The second-order valence-electron chi connectivity index (χ2n) is 9.10. The number of hydrogen-bond acceptors (Lipinski definition) is 6. The van der Waals surface area contributed by atoms with Crippen LogP contribution in [0.1, 0.15) is 27.0 Å². The van der Waals surface area contributed by atoms with Crippen LogP contribution in [0.15, 0.2) is 84.9 Å². The number of halogens is 1. The highest BCUT2D eigenvalue weighted by molar-refractivity contribution is 6.32. The number of amides is 1. The van der Waals surface area contributed by atoms with Gasteiger partial charge >= 0.3 is 0 Å². The lowest BCUT2D eigenvalue weighted by atomic mass is 10.00. The number of primary amides is 1. The SMILES string of the molecule is N=Cc1cc(O)c(OCCN2CCc3ccccc3C2)c(-c2ccccc2)c1.NC(=O)c1ccc(O)c(Cl)c1. The van der Waals surface area contributed by atoms with Gasteiger partial charge in [0.25, 0.3) is 0 Å². The van der Waals surface area contributed by atoms with E-state index in [0.29, 0.717) is 17.9 Å². The minimum absolute atomic E-state index is 0.0586. The van der Waals surface area contributed by atoms with Gasteiger partial charge in [-0.1, -0.05) is 66.2 Å². The number of rotatable bonds is 7. The molecule has 0 aromatic heterocycles. The van der Waals surface area contributed by atoms with Crippen LogP contribution in [-0.2, 0) is 13.0 Å². The molecule has 0 radical (unpaired) electrons. The lowest BCUT2D eigenvalue weighted by Gasteiger charge is -2.28. The van der Waals surface area contributed by atoms with Crippen molar-refractivity contribution >= 4 is 23.7 Å². The molecule has 0 fully saturated rings. The van der Waals surface area contributed by atoms with Crippen LogP contribution >= 0.6 is 11.6 Å². The summed E-state index contributed by atoms with van der Waals surface area (Å²) in [5, 5.41) is 27.1. The number of carbonyl (C=O) groups is 1. The average molecular weight is 544 g/mol. The van der Waals surface area contributed by atoms with Crippen LogP contribution in [0.25, 0.3) is 11.1 Å². The quantitative estimate of drug-likeness (QED) is 0.225. The summed E-state index contributed by atoms with van der Waals surface area (Å²) in [5.41, 5.74) is 10.5. The van der Waals surface area contributed by atoms with Gasteiger partial charge in [-0.2, -0.15) is 0 Å². The maximum atomic E-state index is 10.5. The van der Waals surface area contributed by atoms with E-state index in [0.717, 1.165) is 37.2 Å². The van der Waals surface area contributed by atoms with Crippen molar-refractivity contribution in [2.24, 2.45) is 5.73 Å². The molecular weight excluding hydrogens is 514 g/mol. The third kappa shape index (κ3) is 7.16. The topological polar surface area (TPSA) is 120 Å². The van der Waals surface area contributed by atoms with Gasteiger partial charge in [-0.3, -0.25) is 9.69 Å².